The molecule has 5 heteroatoms. The number of carbonyl (C=O) groups is 1. The Kier molecular flexibility index (Phi) is 6.09. The second-order valence-corrected chi connectivity index (χ2v) is 5.03. The van der Waals surface area contributed by atoms with E-state index in [9.17, 15) is 4.79 Å². The van der Waals surface area contributed by atoms with Crippen molar-refractivity contribution in [1.82, 2.24) is 4.98 Å². The van der Waals surface area contributed by atoms with E-state index < -0.39 is 5.97 Å². The molecule has 4 nitrogen and oxygen atoms in total. The van der Waals surface area contributed by atoms with Gasteiger partial charge in [0, 0.05) is 12.6 Å². The second-order valence-electron chi connectivity index (χ2n) is 4.65. The number of halogens is 1. The van der Waals surface area contributed by atoms with Gasteiger partial charge in [0.15, 0.2) is 0 Å². The van der Waals surface area contributed by atoms with Crippen molar-refractivity contribution in [2.24, 2.45) is 0 Å². The fraction of sp³-hybridized carbons (Fsp3) is 0.571. The third-order valence-corrected chi connectivity index (χ3v) is 3.39. The van der Waals surface area contributed by atoms with Crippen LogP contribution in [-0.2, 0) is 0 Å². The Morgan fingerprint density at radius 1 is 1.47 bits per heavy atom. The van der Waals surface area contributed by atoms with E-state index in [1.165, 1.54) is 6.07 Å². The van der Waals surface area contributed by atoms with E-state index in [0.717, 1.165) is 25.8 Å². The van der Waals surface area contributed by atoms with Crippen molar-refractivity contribution in [1.29, 1.82) is 0 Å². The summed E-state index contributed by atoms with van der Waals surface area (Å²) in [6, 6.07) is 3.28. The number of aromatic nitrogens is 1. The Bertz CT molecular complexity index is 437. The van der Waals surface area contributed by atoms with E-state index in [4.69, 9.17) is 16.7 Å². The van der Waals surface area contributed by atoms with Crippen molar-refractivity contribution >= 4 is 23.4 Å². The lowest BCUT2D eigenvalue weighted by Crippen LogP contribution is -2.34. The van der Waals surface area contributed by atoms with E-state index in [2.05, 4.69) is 30.7 Å². The van der Waals surface area contributed by atoms with Crippen LogP contribution in [0.1, 0.15) is 50.4 Å². The predicted molar refractivity (Wildman–Crippen MR) is 78.2 cm³/mol. The van der Waals surface area contributed by atoms with Crippen molar-refractivity contribution in [2.45, 2.75) is 46.1 Å². The highest BCUT2D eigenvalue weighted by atomic mass is 35.5. The SMILES string of the molecule is CCCCN(c1cc(C(=O)O)cc(Cl)n1)C(C)CC. The van der Waals surface area contributed by atoms with Gasteiger partial charge in [0.25, 0.3) is 0 Å². The molecule has 0 spiro atoms. The highest BCUT2D eigenvalue weighted by molar-refractivity contribution is 6.29. The van der Waals surface area contributed by atoms with Crippen LogP contribution < -0.4 is 4.90 Å². The van der Waals surface area contributed by atoms with Crippen molar-refractivity contribution in [2.75, 3.05) is 11.4 Å². The van der Waals surface area contributed by atoms with Crippen LogP contribution in [0.5, 0.6) is 0 Å². The molecule has 1 heterocycles. The maximum atomic E-state index is 11.1. The van der Waals surface area contributed by atoms with Crippen LogP contribution in [-0.4, -0.2) is 28.6 Å². The molecule has 0 aliphatic carbocycles. The first kappa shape index (κ1) is 15.8. The number of carboxylic acid groups (broad SMARTS) is 1. The predicted octanol–water partition coefficient (Wildman–Crippen LogP) is 3.84. The van der Waals surface area contributed by atoms with Gasteiger partial charge in [-0.05, 0) is 31.9 Å². The highest BCUT2D eigenvalue weighted by Crippen LogP contribution is 2.22. The molecule has 0 aromatic carbocycles. The maximum absolute atomic E-state index is 11.1. The molecule has 0 aliphatic rings. The van der Waals surface area contributed by atoms with E-state index >= 15 is 0 Å². The number of hydrogen-bond donors (Lipinski definition) is 1. The van der Waals surface area contributed by atoms with Crippen LogP contribution in [0, 0.1) is 0 Å². The molecule has 1 atom stereocenters. The zero-order valence-electron chi connectivity index (χ0n) is 11.7. The van der Waals surface area contributed by atoms with E-state index in [1.807, 2.05) is 0 Å². The number of rotatable bonds is 7. The molecule has 0 amide bonds. The van der Waals surface area contributed by atoms with Gasteiger partial charge < -0.3 is 10.0 Å². The number of hydrogen-bond acceptors (Lipinski definition) is 3. The van der Waals surface area contributed by atoms with Crippen LogP contribution in [0.15, 0.2) is 12.1 Å². The topological polar surface area (TPSA) is 53.4 Å². The van der Waals surface area contributed by atoms with Gasteiger partial charge in [0.2, 0.25) is 0 Å². The Labute approximate surface area is 119 Å². The van der Waals surface area contributed by atoms with Crippen LogP contribution in [0.3, 0.4) is 0 Å². The molecule has 0 saturated carbocycles. The van der Waals surface area contributed by atoms with E-state index in [0.29, 0.717) is 11.9 Å². The van der Waals surface area contributed by atoms with Crippen LogP contribution in [0.25, 0.3) is 0 Å². The number of anilines is 1. The zero-order chi connectivity index (χ0) is 14.4. The molecule has 1 unspecified atom stereocenters. The molecule has 0 radical (unpaired) electrons. The lowest BCUT2D eigenvalue weighted by atomic mass is 10.1. The standard InChI is InChI=1S/C14H21ClN2O2/c1-4-6-7-17(10(3)5-2)13-9-11(14(18)19)8-12(15)16-13/h8-10H,4-7H2,1-3H3,(H,18,19). The number of carboxylic acids is 1. The second kappa shape index (κ2) is 7.34. The van der Waals surface area contributed by atoms with Crippen molar-refractivity contribution in [3.63, 3.8) is 0 Å². The first-order valence-corrected chi connectivity index (χ1v) is 7.04. The van der Waals surface area contributed by atoms with Crippen molar-refractivity contribution < 1.29 is 9.90 Å². The van der Waals surface area contributed by atoms with Crippen LogP contribution >= 0.6 is 11.6 Å². The van der Waals surface area contributed by atoms with Crippen molar-refractivity contribution in [3.05, 3.63) is 22.8 Å². The molecule has 1 rings (SSSR count). The first-order valence-electron chi connectivity index (χ1n) is 6.67. The maximum Gasteiger partial charge on any atom is 0.335 e. The molecule has 0 fully saturated rings. The summed E-state index contributed by atoms with van der Waals surface area (Å²) in [7, 11) is 0. The van der Waals surface area contributed by atoms with E-state index in [-0.39, 0.29) is 10.7 Å². The molecule has 0 aliphatic heterocycles. The smallest absolute Gasteiger partial charge is 0.335 e. The summed E-state index contributed by atoms with van der Waals surface area (Å²) in [5.41, 5.74) is 0.180. The molecule has 1 aromatic rings. The normalized spacial score (nSPS) is 12.2. The fourth-order valence-electron chi connectivity index (χ4n) is 1.86. The molecule has 0 bridgehead atoms. The van der Waals surface area contributed by atoms with Gasteiger partial charge in [-0.1, -0.05) is 31.9 Å². The summed E-state index contributed by atoms with van der Waals surface area (Å²) in [6.07, 6.45) is 3.10. The lowest BCUT2D eigenvalue weighted by Gasteiger charge is -2.30. The fourth-order valence-corrected chi connectivity index (χ4v) is 2.07. The summed E-state index contributed by atoms with van der Waals surface area (Å²) in [5.74, 6) is -0.335. The van der Waals surface area contributed by atoms with E-state index in [1.54, 1.807) is 6.07 Å². The van der Waals surface area contributed by atoms with Gasteiger partial charge in [-0.15, -0.1) is 0 Å². The third-order valence-electron chi connectivity index (χ3n) is 3.20. The zero-order valence-corrected chi connectivity index (χ0v) is 12.4. The van der Waals surface area contributed by atoms with Gasteiger partial charge in [-0.3, -0.25) is 0 Å². The minimum Gasteiger partial charge on any atom is -0.478 e. The minimum atomic E-state index is -0.981. The van der Waals surface area contributed by atoms with Crippen molar-refractivity contribution in [3.8, 4) is 0 Å². The molecule has 1 aromatic heterocycles. The Balaban J connectivity index is 3.10. The molecule has 19 heavy (non-hydrogen) atoms. The molecule has 0 saturated heterocycles. The summed E-state index contributed by atoms with van der Waals surface area (Å²) in [5, 5.41) is 9.30. The summed E-state index contributed by atoms with van der Waals surface area (Å²) < 4.78 is 0. The number of aromatic carboxylic acids is 1. The Morgan fingerprint density at radius 3 is 2.68 bits per heavy atom. The summed E-state index contributed by atoms with van der Waals surface area (Å²) in [4.78, 5) is 17.5. The quantitative estimate of drug-likeness (QED) is 0.773. The molecular formula is C14H21ClN2O2. The monoisotopic (exact) mass is 284 g/mol. The number of nitrogens with zero attached hydrogens (tertiary/aromatic N) is 2. The third kappa shape index (κ3) is 4.39. The van der Waals surface area contributed by atoms with Gasteiger partial charge >= 0.3 is 5.97 Å². The molecule has 106 valence electrons. The van der Waals surface area contributed by atoms with Gasteiger partial charge in [0.05, 0.1) is 5.56 Å². The minimum absolute atomic E-state index is 0.180. The molecule has 1 N–H and O–H groups in total. The van der Waals surface area contributed by atoms with Gasteiger partial charge in [-0.2, -0.15) is 0 Å². The van der Waals surface area contributed by atoms with Gasteiger partial charge in [0.1, 0.15) is 11.0 Å². The average Bonchev–Trinajstić information content (AvgIpc) is 2.38. The Hall–Kier alpha value is -1.29. The Morgan fingerprint density at radius 2 is 2.16 bits per heavy atom. The van der Waals surface area contributed by atoms with Gasteiger partial charge in [-0.25, -0.2) is 9.78 Å². The average molecular weight is 285 g/mol. The highest BCUT2D eigenvalue weighted by Gasteiger charge is 2.16. The largest absolute Gasteiger partial charge is 0.478 e. The van der Waals surface area contributed by atoms with Crippen LogP contribution in [0.2, 0.25) is 5.15 Å². The number of pyridine rings is 1. The lowest BCUT2D eigenvalue weighted by molar-refractivity contribution is 0.0696. The first-order chi connectivity index (χ1) is 8.99. The van der Waals surface area contributed by atoms with Crippen LogP contribution in [0.4, 0.5) is 5.82 Å². The number of unbranched alkanes of at least 4 members (excludes halogenated alkanes) is 1. The summed E-state index contributed by atoms with van der Waals surface area (Å²) >= 11 is 5.92. The summed E-state index contributed by atoms with van der Waals surface area (Å²) in [6.45, 7) is 7.20. The molecular weight excluding hydrogens is 264 g/mol.